The summed E-state index contributed by atoms with van der Waals surface area (Å²) in [6.07, 6.45) is -1.54. The van der Waals surface area contributed by atoms with E-state index in [4.69, 9.17) is 10.1 Å². The van der Waals surface area contributed by atoms with Crippen LogP contribution in [0.15, 0.2) is 24.2 Å². The molecular formula is C23H28F3N7O2S. The van der Waals surface area contributed by atoms with Crippen molar-refractivity contribution in [3.05, 3.63) is 40.2 Å². The predicted molar refractivity (Wildman–Crippen MR) is 131 cm³/mol. The van der Waals surface area contributed by atoms with Crippen molar-refractivity contribution in [1.82, 2.24) is 25.1 Å². The van der Waals surface area contributed by atoms with Crippen LogP contribution < -0.4 is 10.6 Å². The van der Waals surface area contributed by atoms with E-state index in [1.165, 1.54) is 12.1 Å². The fraction of sp³-hybridized carbons (Fsp3) is 0.478. The Morgan fingerprint density at radius 1 is 1.31 bits per heavy atom. The lowest BCUT2D eigenvalue weighted by Gasteiger charge is -2.35. The van der Waals surface area contributed by atoms with Gasteiger partial charge in [-0.3, -0.25) is 9.69 Å². The fourth-order valence-electron chi connectivity index (χ4n) is 4.32. The number of thiophene rings is 1. The molecule has 0 saturated carbocycles. The molecule has 0 aliphatic carbocycles. The zero-order chi connectivity index (χ0) is 26.1. The van der Waals surface area contributed by atoms with Gasteiger partial charge in [0.2, 0.25) is 5.95 Å². The zero-order valence-electron chi connectivity index (χ0n) is 20.2. The van der Waals surface area contributed by atoms with Crippen LogP contribution in [0.1, 0.15) is 34.6 Å². The Labute approximate surface area is 210 Å². The van der Waals surface area contributed by atoms with Crippen molar-refractivity contribution in [3.63, 3.8) is 0 Å². The van der Waals surface area contributed by atoms with E-state index >= 15 is 0 Å². The van der Waals surface area contributed by atoms with Crippen LogP contribution >= 0.6 is 11.3 Å². The van der Waals surface area contributed by atoms with Gasteiger partial charge in [0.05, 0.1) is 34.9 Å². The molecule has 4 heterocycles. The second-order valence-electron chi connectivity index (χ2n) is 8.90. The van der Waals surface area contributed by atoms with Gasteiger partial charge in [-0.25, -0.2) is 9.97 Å². The maximum Gasteiger partial charge on any atom is 0.420 e. The first kappa shape index (κ1) is 26.0. The Morgan fingerprint density at radius 3 is 2.64 bits per heavy atom. The minimum Gasteiger partial charge on any atom is -0.379 e. The molecular weight excluding hydrogens is 495 g/mol. The summed E-state index contributed by atoms with van der Waals surface area (Å²) >= 11 is 1.14. The SMILES string of the molecule is CN/C(=C\C=N)Nc1ncc(C(F)(F)F)c(-c2cc3c(s2)C(C)(C)N(CCN2CCOCC2)C3=O)n1. The number of carbonyl (C=O) groups excluding carboxylic acids is 1. The molecule has 0 atom stereocenters. The summed E-state index contributed by atoms with van der Waals surface area (Å²) < 4.78 is 46.9. The first-order valence-electron chi connectivity index (χ1n) is 11.4. The molecule has 2 aromatic heterocycles. The lowest BCUT2D eigenvalue weighted by molar-refractivity contribution is -0.137. The summed E-state index contributed by atoms with van der Waals surface area (Å²) in [4.78, 5) is 26.3. The molecule has 13 heteroatoms. The summed E-state index contributed by atoms with van der Waals surface area (Å²) in [6, 6.07) is 1.51. The number of carbonyl (C=O) groups is 1. The third kappa shape index (κ3) is 5.08. The standard InChI is InChI=1S/C23H28F3N7O2S/c1-22(2)19-14(20(34)33(22)7-6-32-8-10-35-11-9-32)12-16(36-19)18-15(23(24,25)26)13-29-21(31-18)30-17(28-3)4-5-27/h4-5,12-13,27-28H,6-11H2,1-3H3,(H,29,30,31)/b17-4+,27-5?. The van der Waals surface area contributed by atoms with Crippen molar-refractivity contribution in [1.29, 1.82) is 5.41 Å². The van der Waals surface area contributed by atoms with Gasteiger partial charge in [-0.05, 0) is 26.0 Å². The summed E-state index contributed by atoms with van der Waals surface area (Å²) in [5, 5.41) is 12.8. The number of alkyl halides is 3. The number of morpholine rings is 1. The largest absolute Gasteiger partial charge is 0.420 e. The molecule has 2 aliphatic rings. The molecule has 4 rings (SSSR count). The maximum absolute atomic E-state index is 13.8. The molecule has 1 amide bonds. The lowest BCUT2D eigenvalue weighted by Crippen LogP contribution is -2.46. The molecule has 2 aromatic rings. The average molecular weight is 524 g/mol. The number of halogens is 3. The van der Waals surface area contributed by atoms with Gasteiger partial charge in [-0.15, -0.1) is 11.3 Å². The highest BCUT2D eigenvalue weighted by molar-refractivity contribution is 7.16. The quantitative estimate of drug-likeness (QED) is 0.456. The van der Waals surface area contributed by atoms with E-state index in [2.05, 4.69) is 25.5 Å². The second kappa shape index (κ2) is 10.1. The Kier molecular flexibility index (Phi) is 7.34. The molecule has 1 fully saturated rings. The fourth-order valence-corrected chi connectivity index (χ4v) is 5.58. The van der Waals surface area contributed by atoms with Gasteiger partial charge >= 0.3 is 6.18 Å². The third-order valence-corrected chi connectivity index (χ3v) is 7.73. The average Bonchev–Trinajstić information content (AvgIpc) is 3.36. The van der Waals surface area contributed by atoms with Gasteiger partial charge in [0.25, 0.3) is 5.91 Å². The van der Waals surface area contributed by atoms with E-state index < -0.39 is 17.3 Å². The number of hydrogen-bond acceptors (Lipinski definition) is 9. The predicted octanol–water partition coefficient (Wildman–Crippen LogP) is 3.37. The summed E-state index contributed by atoms with van der Waals surface area (Å²) in [6.45, 7) is 7.99. The van der Waals surface area contributed by atoms with E-state index in [-0.39, 0.29) is 22.4 Å². The van der Waals surface area contributed by atoms with E-state index in [0.717, 1.165) is 36.8 Å². The number of aromatic nitrogens is 2. The Balaban J connectivity index is 1.65. The second-order valence-corrected chi connectivity index (χ2v) is 9.95. The molecule has 0 bridgehead atoms. The highest BCUT2D eigenvalue weighted by Gasteiger charge is 2.45. The number of amides is 1. The van der Waals surface area contributed by atoms with Crippen LogP contribution in [0.4, 0.5) is 19.1 Å². The van der Waals surface area contributed by atoms with Crippen LogP contribution in [-0.2, 0) is 16.5 Å². The molecule has 194 valence electrons. The number of nitrogens with zero attached hydrogens (tertiary/aromatic N) is 4. The number of hydrogen-bond donors (Lipinski definition) is 3. The number of fused-ring (bicyclic) bond motifs is 1. The van der Waals surface area contributed by atoms with Gasteiger partial charge in [0.15, 0.2) is 0 Å². The summed E-state index contributed by atoms with van der Waals surface area (Å²) in [7, 11) is 1.59. The number of rotatable bonds is 8. The normalized spacial score (nSPS) is 18.3. The van der Waals surface area contributed by atoms with Gasteiger partial charge in [-0.1, -0.05) is 0 Å². The molecule has 1 saturated heterocycles. The van der Waals surface area contributed by atoms with Crippen molar-refractivity contribution >= 4 is 29.4 Å². The minimum atomic E-state index is -4.68. The van der Waals surface area contributed by atoms with Crippen molar-refractivity contribution < 1.29 is 22.7 Å². The molecule has 0 unspecified atom stereocenters. The van der Waals surface area contributed by atoms with E-state index in [0.29, 0.717) is 42.6 Å². The first-order chi connectivity index (χ1) is 17.1. The van der Waals surface area contributed by atoms with Crippen LogP contribution in [0.2, 0.25) is 0 Å². The smallest absolute Gasteiger partial charge is 0.379 e. The molecule has 2 aliphatic heterocycles. The molecule has 3 N–H and O–H groups in total. The van der Waals surface area contributed by atoms with Gasteiger partial charge in [0.1, 0.15) is 11.4 Å². The zero-order valence-corrected chi connectivity index (χ0v) is 21.0. The van der Waals surface area contributed by atoms with Crippen molar-refractivity contribution in [2.24, 2.45) is 0 Å². The topological polar surface area (TPSA) is 106 Å². The van der Waals surface area contributed by atoms with E-state index in [1.54, 1.807) is 11.9 Å². The molecule has 0 spiro atoms. The van der Waals surface area contributed by atoms with Crippen LogP contribution in [0.3, 0.4) is 0 Å². The first-order valence-corrected chi connectivity index (χ1v) is 12.2. The van der Waals surface area contributed by atoms with E-state index in [9.17, 15) is 18.0 Å². The molecule has 9 nitrogen and oxygen atoms in total. The monoisotopic (exact) mass is 523 g/mol. The van der Waals surface area contributed by atoms with Crippen LogP contribution in [-0.4, -0.2) is 78.3 Å². The Hall–Kier alpha value is -3.03. The lowest BCUT2D eigenvalue weighted by atomic mass is 10.0. The Morgan fingerprint density at radius 2 is 2.03 bits per heavy atom. The number of allylic oxidation sites excluding steroid dienone is 1. The van der Waals surface area contributed by atoms with Gasteiger partial charge in [-0.2, -0.15) is 13.2 Å². The van der Waals surface area contributed by atoms with Gasteiger partial charge in [0, 0.05) is 50.5 Å². The van der Waals surface area contributed by atoms with Gasteiger partial charge < -0.3 is 25.7 Å². The molecule has 0 radical (unpaired) electrons. The third-order valence-electron chi connectivity index (χ3n) is 6.28. The molecule has 0 aromatic carbocycles. The van der Waals surface area contributed by atoms with Crippen molar-refractivity contribution in [3.8, 4) is 10.6 Å². The maximum atomic E-state index is 13.8. The highest BCUT2D eigenvalue weighted by Crippen LogP contribution is 2.47. The number of nitrogens with one attached hydrogen (secondary N) is 3. The number of anilines is 1. The molecule has 36 heavy (non-hydrogen) atoms. The summed E-state index contributed by atoms with van der Waals surface area (Å²) in [5.41, 5.74) is -1.54. The highest BCUT2D eigenvalue weighted by atomic mass is 32.1. The van der Waals surface area contributed by atoms with Crippen molar-refractivity contribution in [2.45, 2.75) is 25.6 Å². The van der Waals surface area contributed by atoms with Crippen LogP contribution in [0.25, 0.3) is 10.6 Å². The van der Waals surface area contributed by atoms with Crippen LogP contribution in [0.5, 0.6) is 0 Å². The minimum absolute atomic E-state index is 0.0632. The van der Waals surface area contributed by atoms with Crippen molar-refractivity contribution in [2.75, 3.05) is 51.8 Å². The Bertz CT molecular complexity index is 1170. The number of ether oxygens (including phenoxy) is 1. The van der Waals surface area contributed by atoms with E-state index in [1.807, 2.05) is 13.8 Å². The van der Waals surface area contributed by atoms with Crippen LogP contribution in [0, 0.1) is 5.41 Å². The summed E-state index contributed by atoms with van der Waals surface area (Å²) in [5.74, 6) is 0.0847.